The number of esters is 1. The fraction of sp³-hybridized carbons (Fsp3) is 0.353. The number of carbonyl (C=O) groups excluding carboxylic acids is 2. The highest BCUT2D eigenvalue weighted by Crippen LogP contribution is 2.36. The van der Waals surface area contributed by atoms with Crippen LogP contribution in [0, 0.1) is 6.92 Å². The van der Waals surface area contributed by atoms with Crippen molar-refractivity contribution in [3.05, 3.63) is 88.3 Å². The average Bonchev–Trinajstić information content (AvgIpc) is 3.44. The molecule has 0 saturated carbocycles. The Bertz CT molecular complexity index is 1570. The molecule has 1 unspecified atom stereocenters. The quantitative estimate of drug-likeness (QED) is 0.148. The number of hydrogen-bond donors (Lipinski definition) is 2. The Morgan fingerprint density at radius 3 is 2.61 bits per heavy atom. The molecule has 1 saturated heterocycles. The van der Waals surface area contributed by atoms with Gasteiger partial charge in [-0.1, -0.05) is 30.3 Å². The van der Waals surface area contributed by atoms with Crippen LogP contribution in [0.25, 0.3) is 10.1 Å². The Labute approximate surface area is 261 Å². The number of hydrogen-bond acceptors (Lipinski definition) is 9. The number of ether oxygens (including phenoxy) is 5. The van der Waals surface area contributed by atoms with Gasteiger partial charge in [-0.2, -0.15) is 0 Å². The van der Waals surface area contributed by atoms with E-state index in [0.717, 1.165) is 50.3 Å². The fourth-order valence-corrected chi connectivity index (χ4v) is 6.38. The molecular formula is C34H38N2O7S. The van der Waals surface area contributed by atoms with E-state index in [1.54, 1.807) is 18.4 Å². The van der Waals surface area contributed by atoms with Gasteiger partial charge in [-0.05, 0) is 64.7 Å². The molecule has 2 atom stereocenters. The van der Waals surface area contributed by atoms with Gasteiger partial charge in [0.2, 0.25) is 5.91 Å². The van der Waals surface area contributed by atoms with Crippen LogP contribution in [0.5, 0.6) is 17.2 Å². The van der Waals surface area contributed by atoms with E-state index in [9.17, 15) is 9.59 Å². The molecule has 3 aromatic carbocycles. The van der Waals surface area contributed by atoms with Crippen LogP contribution >= 0.6 is 11.3 Å². The Morgan fingerprint density at radius 2 is 1.84 bits per heavy atom. The van der Waals surface area contributed by atoms with Gasteiger partial charge in [0.1, 0.15) is 23.4 Å². The van der Waals surface area contributed by atoms with Crippen molar-refractivity contribution in [1.29, 1.82) is 0 Å². The highest BCUT2D eigenvalue weighted by Gasteiger charge is 2.30. The van der Waals surface area contributed by atoms with Crippen molar-refractivity contribution < 1.29 is 33.3 Å². The van der Waals surface area contributed by atoms with Crippen molar-refractivity contribution in [2.75, 3.05) is 40.5 Å². The zero-order valence-electron chi connectivity index (χ0n) is 25.2. The SMILES string of the molecule is COC(=O)Cc1csc2cc(OC(c3ccc(OCCCOCc4ccccc4OC)cc3)[C@H]3CNCC(=O)N3)cc(C)c12. The second kappa shape index (κ2) is 15.1. The van der Waals surface area contributed by atoms with E-state index in [2.05, 4.69) is 10.6 Å². The summed E-state index contributed by atoms with van der Waals surface area (Å²) in [5.41, 5.74) is 3.89. The van der Waals surface area contributed by atoms with Gasteiger partial charge >= 0.3 is 5.97 Å². The van der Waals surface area contributed by atoms with Gasteiger partial charge in [0.05, 0.1) is 53.0 Å². The van der Waals surface area contributed by atoms with E-state index in [1.165, 1.54) is 7.11 Å². The molecule has 4 aromatic rings. The Morgan fingerprint density at radius 1 is 1.02 bits per heavy atom. The van der Waals surface area contributed by atoms with Crippen LogP contribution in [0.15, 0.2) is 66.0 Å². The molecule has 2 heterocycles. The van der Waals surface area contributed by atoms with Crippen LogP contribution in [-0.4, -0.2) is 58.4 Å². The minimum Gasteiger partial charge on any atom is -0.496 e. The summed E-state index contributed by atoms with van der Waals surface area (Å²) >= 11 is 1.57. The number of methoxy groups -OCH3 is 2. The maximum Gasteiger partial charge on any atom is 0.310 e. The molecule has 1 amide bonds. The Kier molecular flexibility index (Phi) is 10.7. The van der Waals surface area contributed by atoms with E-state index >= 15 is 0 Å². The topological polar surface area (TPSA) is 104 Å². The summed E-state index contributed by atoms with van der Waals surface area (Å²) in [7, 11) is 3.05. The maximum atomic E-state index is 12.3. The first-order valence-electron chi connectivity index (χ1n) is 14.6. The third-order valence-electron chi connectivity index (χ3n) is 7.47. The molecule has 44 heavy (non-hydrogen) atoms. The molecule has 10 heteroatoms. The zero-order chi connectivity index (χ0) is 30.9. The van der Waals surface area contributed by atoms with E-state index in [4.69, 9.17) is 23.7 Å². The van der Waals surface area contributed by atoms with Gasteiger partial charge in [-0.15, -0.1) is 11.3 Å². The predicted octanol–water partition coefficient (Wildman–Crippen LogP) is 5.13. The minimum atomic E-state index is -0.435. The summed E-state index contributed by atoms with van der Waals surface area (Å²) < 4.78 is 29.6. The van der Waals surface area contributed by atoms with Crippen molar-refractivity contribution in [2.24, 2.45) is 0 Å². The normalized spacial score (nSPS) is 15.4. The van der Waals surface area contributed by atoms with Gasteiger partial charge in [0.15, 0.2) is 0 Å². The predicted molar refractivity (Wildman–Crippen MR) is 170 cm³/mol. The Hall–Kier alpha value is -4.12. The summed E-state index contributed by atoms with van der Waals surface area (Å²) in [5, 5.41) is 9.30. The number of fused-ring (bicyclic) bond motifs is 1. The Balaban J connectivity index is 1.22. The highest BCUT2D eigenvalue weighted by molar-refractivity contribution is 7.17. The fourth-order valence-electron chi connectivity index (χ4n) is 5.32. The van der Waals surface area contributed by atoms with Crippen LogP contribution in [0.2, 0.25) is 0 Å². The number of nitrogens with one attached hydrogen (secondary N) is 2. The van der Waals surface area contributed by atoms with Crippen molar-refractivity contribution in [3.63, 3.8) is 0 Å². The number of benzene rings is 3. The molecule has 0 spiro atoms. The molecule has 2 N–H and O–H groups in total. The van der Waals surface area contributed by atoms with Gasteiger partial charge in [0.25, 0.3) is 0 Å². The van der Waals surface area contributed by atoms with E-state index < -0.39 is 6.10 Å². The molecule has 5 rings (SSSR count). The number of aryl methyl sites for hydroxylation is 1. The second-order valence-corrected chi connectivity index (χ2v) is 11.5. The standard InChI is InChI=1S/C34H38N2O7S/c1-22-15-27(17-30-33(22)25(21-44-30)16-32(38)40-3)43-34(28-18-35-19-31(37)36-28)23-9-11-26(12-10-23)42-14-6-13-41-20-24-7-4-5-8-29(24)39-2/h4-5,7-12,15,17,21,28,34-35H,6,13-14,16,18-20H2,1-3H3,(H,36,37)/t28-,34?/m1/s1. The van der Waals surface area contributed by atoms with Crippen molar-refractivity contribution in [2.45, 2.75) is 38.5 Å². The molecule has 232 valence electrons. The van der Waals surface area contributed by atoms with Crippen LogP contribution in [-0.2, 0) is 32.1 Å². The summed E-state index contributed by atoms with van der Waals surface area (Å²) in [4.78, 5) is 24.2. The van der Waals surface area contributed by atoms with Gasteiger partial charge < -0.3 is 34.3 Å². The first-order chi connectivity index (χ1) is 21.4. The minimum absolute atomic E-state index is 0.0694. The molecule has 0 aliphatic carbocycles. The lowest BCUT2D eigenvalue weighted by Gasteiger charge is -2.32. The number of piperazine rings is 1. The van der Waals surface area contributed by atoms with Crippen LogP contribution < -0.4 is 24.8 Å². The molecular weight excluding hydrogens is 580 g/mol. The third kappa shape index (κ3) is 7.88. The molecule has 9 nitrogen and oxygen atoms in total. The zero-order valence-corrected chi connectivity index (χ0v) is 26.0. The van der Waals surface area contributed by atoms with Crippen molar-refractivity contribution >= 4 is 33.3 Å². The third-order valence-corrected chi connectivity index (χ3v) is 8.45. The summed E-state index contributed by atoms with van der Waals surface area (Å²) in [6.45, 7) is 4.44. The van der Waals surface area contributed by atoms with Crippen molar-refractivity contribution in [3.8, 4) is 17.2 Å². The number of rotatable bonds is 14. The first-order valence-corrected chi connectivity index (χ1v) is 15.5. The van der Waals surface area contributed by atoms with E-state index in [1.807, 2.05) is 73.0 Å². The first kappa shape index (κ1) is 31.3. The molecule has 1 aliphatic rings. The second-order valence-electron chi connectivity index (χ2n) is 10.6. The van der Waals surface area contributed by atoms with Crippen LogP contribution in [0.3, 0.4) is 0 Å². The van der Waals surface area contributed by atoms with Crippen molar-refractivity contribution in [1.82, 2.24) is 10.6 Å². The van der Waals surface area contributed by atoms with Gasteiger partial charge in [-0.25, -0.2) is 0 Å². The molecule has 0 radical (unpaired) electrons. The smallest absolute Gasteiger partial charge is 0.310 e. The number of amides is 1. The highest BCUT2D eigenvalue weighted by atomic mass is 32.1. The van der Waals surface area contributed by atoms with Crippen LogP contribution in [0.1, 0.15) is 34.8 Å². The number of thiophene rings is 1. The number of para-hydroxylation sites is 1. The maximum absolute atomic E-state index is 12.3. The summed E-state index contributed by atoms with van der Waals surface area (Å²) in [6, 6.07) is 19.3. The lowest BCUT2D eigenvalue weighted by Crippen LogP contribution is -2.55. The van der Waals surface area contributed by atoms with Gasteiger partial charge in [-0.3, -0.25) is 9.59 Å². The summed E-state index contributed by atoms with van der Waals surface area (Å²) in [5.74, 6) is 1.92. The molecule has 1 fully saturated rings. The molecule has 0 bridgehead atoms. The van der Waals surface area contributed by atoms with Crippen LogP contribution in [0.4, 0.5) is 0 Å². The average molecular weight is 619 g/mol. The largest absolute Gasteiger partial charge is 0.496 e. The lowest BCUT2D eigenvalue weighted by atomic mass is 10.00. The molecule has 1 aromatic heterocycles. The number of carbonyl (C=O) groups is 2. The monoisotopic (exact) mass is 618 g/mol. The van der Waals surface area contributed by atoms with Gasteiger partial charge in [0, 0.05) is 23.2 Å². The lowest BCUT2D eigenvalue weighted by molar-refractivity contribution is -0.139. The van der Waals surface area contributed by atoms with E-state index in [-0.39, 0.29) is 30.9 Å². The summed E-state index contributed by atoms with van der Waals surface area (Å²) in [6.07, 6.45) is 0.536. The molecule has 1 aliphatic heterocycles. The van der Waals surface area contributed by atoms with E-state index in [0.29, 0.717) is 32.1 Å².